The Balaban J connectivity index is 1.91. The summed E-state index contributed by atoms with van der Waals surface area (Å²) in [5.41, 5.74) is 3.05. The standard InChI is InChI=1S/C24H25ClFNO/c1-16(2)13-24(25,14-18-8-5-4-6-9-18)22(28)12-19-15-27-23-20(17(19)3)10-7-11-21(23)26/h4-11,15-16H,12-14H2,1-3H3/t24-/m1/s1. The first-order chi connectivity index (χ1) is 13.3. The number of halogens is 2. The lowest BCUT2D eigenvalue weighted by Gasteiger charge is -2.28. The van der Waals surface area contributed by atoms with Gasteiger partial charge in [0.25, 0.3) is 0 Å². The molecule has 0 aliphatic rings. The van der Waals surface area contributed by atoms with Crippen molar-refractivity contribution in [2.75, 3.05) is 0 Å². The first-order valence-electron chi connectivity index (χ1n) is 9.59. The molecule has 1 atom stereocenters. The Labute approximate surface area is 170 Å². The highest BCUT2D eigenvalue weighted by molar-refractivity contribution is 6.35. The van der Waals surface area contributed by atoms with Gasteiger partial charge in [0.15, 0.2) is 5.78 Å². The lowest BCUT2D eigenvalue weighted by molar-refractivity contribution is -0.121. The van der Waals surface area contributed by atoms with Crippen LogP contribution in [0.4, 0.5) is 4.39 Å². The zero-order chi connectivity index (χ0) is 20.3. The molecule has 0 spiro atoms. The number of aromatic nitrogens is 1. The summed E-state index contributed by atoms with van der Waals surface area (Å²) in [7, 11) is 0. The second kappa shape index (κ2) is 8.40. The van der Waals surface area contributed by atoms with Crippen LogP contribution in [0.25, 0.3) is 10.9 Å². The van der Waals surface area contributed by atoms with Gasteiger partial charge in [-0.1, -0.05) is 56.3 Å². The summed E-state index contributed by atoms with van der Waals surface area (Å²) in [6, 6.07) is 14.8. The number of pyridine rings is 1. The third kappa shape index (κ3) is 4.41. The Morgan fingerprint density at radius 3 is 2.54 bits per heavy atom. The van der Waals surface area contributed by atoms with Crippen LogP contribution in [0.1, 0.15) is 37.0 Å². The number of carbonyl (C=O) groups is 1. The Kier molecular flexibility index (Phi) is 6.14. The van der Waals surface area contributed by atoms with Crippen molar-refractivity contribution in [3.05, 3.63) is 77.2 Å². The van der Waals surface area contributed by atoms with Gasteiger partial charge in [-0.05, 0) is 48.4 Å². The fourth-order valence-corrected chi connectivity index (χ4v) is 4.25. The number of ketones is 1. The molecule has 0 amide bonds. The molecule has 1 aromatic heterocycles. The van der Waals surface area contributed by atoms with Crippen LogP contribution in [-0.2, 0) is 17.6 Å². The van der Waals surface area contributed by atoms with Crippen LogP contribution in [0.5, 0.6) is 0 Å². The van der Waals surface area contributed by atoms with E-state index >= 15 is 0 Å². The van der Waals surface area contributed by atoms with Crippen LogP contribution in [0.3, 0.4) is 0 Å². The summed E-state index contributed by atoms with van der Waals surface area (Å²) < 4.78 is 14.0. The summed E-state index contributed by atoms with van der Waals surface area (Å²) in [6.45, 7) is 6.05. The SMILES string of the molecule is Cc1c(CC(=O)[C@](Cl)(Cc2ccccc2)CC(C)C)cnc2c(F)cccc12. The Morgan fingerprint density at radius 1 is 1.14 bits per heavy atom. The van der Waals surface area contributed by atoms with Crippen LogP contribution in [0, 0.1) is 18.7 Å². The minimum atomic E-state index is -0.973. The van der Waals surface area contributed by atoms with Gasteiger partial charge in [0.2, 0.25) is 0 Å². The number of hydrogen-bond donors (Lipinski definition) is 0. The molecular weight excluding hydrogens is 373 g/mol. The molecule has 3 rings (SSSR count). The van der Waals surface area contributed by atoms with E-state index < -0.39 is 4.87 Å². The van der Waals surface area contributed by atoms with Crippen LogP contribution in [0.15, 0.2) is 54.7 Å². The average Bonchev–Trinajstić information content (AvgIpc) is 2.64. The molecule has 146 valence electrons. The topological polar surface area (TPSA) is 30.0 Å². The average molecular weight is 398 g/mol. The van der Waals surface area contributed by atoms with Gasteiger partial charge >= 0.3 is 0 Å². The lowest BCUT2D eigenvalue weighted by Crippen LogP contribution is -2.38. The molecule has 1 heterocycles. The van der Waals surface area contributed by atoms with E-state index in [1.807, 2.05) is 43.3 Å². The smallest absolute Gasteiger partial charge is 0.158 e. The molecule has 0 saturated heterocycles. The van der Waals surface area contributed by atoms with E-state index in [0.717, 1.165) is 22.1 Å². The van der Waals surface area contributed by atoms with Crippen LogP contribution in [-0.4, -0.2) is 15.6 Å². The van der Waals surface area contributed by atoms with Crippen LogP contribution in [0.2, 0.25) is 0 Å². The maximum absolute atomic E-state index is 14.0. The second-order valence-electron chi connectivity index (χ2n) is 7.87. The van der Waals surface area contributed by atoms with Crippen molar-refractivity contribution in [2.24, 2.45) is 5.92 Å². The molecule has 0 fully saturated rings. The monoisotopic (exact) mass is 397 g/mol. The van der Waals surface area contributed by atoms with Crippen molar-refractivity contribution < 1.29 is 9.18 Å². The lowest BCUT2D eigenvalue weighted by atomic mass is 9.84. The Hall–Kier alpha value is -2.26. The summed E-state index contributed by atoms with van der Waals surface area (Å²) >= 11 is 6.94. The summed E-state index contributed by atoms with van der Waals surface area (Å²) in [5, 5.41) is 0.734. The second-order valence-corrected chi connectivity index (χ2v) is 8.59. The highest BCUT2D eigenvalue weighted by atomic mass is 35.5. The number of Topliss-reactive ketones (excluding diaryl/α,β-unsaturated/α-hetero) is 1. The van der Waals surface area contributed by atoms with E-state index in [2.05, 4.69) is 18.8 Å². The fourth-order valence-electron chi connectivity index (χ4n) is 3.72. The van der Waals surface area contributed by atoms with Crippen molar-refractivity contribution in [3.8, 4) is 0 Å². The van der Waals surface area contributed by atoms with Crippen molar-refractivity contribution in [1.29, 1.82) is 0 Å². The zero-order valence-electron chi connectivity index (χ0n) is 16.5. The molecule has 28 heavy (non-hydrogen) atoms. The van der Waals surface area contributed by atoms with Gasteiger partial charge < -0.3 is 0 Å². The predicted molar refractivity (Wildman–Crippen MR) is 113 cm³/mol. The fraction of sp³-hybridized carbons (Fsp3) is 0.333. The number of para-hydroxylation sites is 1. The molecule has 2 nitrogen and oxygen atoms in total. The molecule has 4 heteroatoms. The Bertz CT molecular complexity index is 987. The van der Waals surface area contributed by atoms with E-state index in [4.69, 9.17) is 11.6 Å². The van der Waals surface area contributed by atoms with Crippen molar-refractivity contribution >= 4 is 28.3 Å². The maximum Gasteiger partial charge on any atom is 0.158 e. The summed E-state index contributed by atoms with van der Waals surface area (Å²) in [4.78, 5) is 16.6. The summed E-state index contributed by atoms with van der Waals surface area (Å²) in [5.74, 6) is -0.0866. The number of rotatable bonds is 7. The third-order valence-electron chi connectivity index (χ3n) is 5.13. The number of alkyl halides is 1. The number of aryl methyl sites for hydroxylation is 1. The van der Waals surface area contributed by atoms with Crippen molar-refractivity contribution in [1.82, 2.24) is 4.98 Å². The molecule has 0 radical (unpaired) electrons. The van der Waals surface area contributed by atoms with E-state index in [1.165, 1.54) is 6.07 Å². The molecular formula is C24H25ClFNO. The van der Waals surface area contributed by atoms with Gasteiger partial charge in [0.1, 0.15) is 16.2 Å². The molecule has 0 saturated carbocycles. The molecule has 0 bridgehead atoms. The van der Waals surface area contributed by atoms with E-state index in [-0.39, 0.29) is 23.9 Å². The molecule has 0 aliphatic heterocycles. The van der Waals surface area contributed by atoms with Gasteiger partial charge in [-0.25, -0.2) is 4.39 Å². The van der Waals surface area contributed by atoms with E-state index in [9.17, 15) is 9.18 Å². The first-order valence-corrected chi connectivity index (χ1v) is 9.97. The van der Waals surface area contributed by atoms with Gasteiger partial charge in [0.05, 0.1) is 0 Å². The van der Waals surface area contributed by atoms with Crippen molar-refractivity contribution in [3.63, 3.8) is 0 Å². The summed E-state index contributed by atoms with van der Waals surface area (Å²) in [6.07, 6.45) is 2.88. The normalized spacial score (nSPS) is 13.6. The largest absolute Gasteiger partial charge is 0.297 e. The molecule has 0 unspecified atom stereocenters. The number of nitrogens with zero attached hydrogens (tertiary/aromatic N) is 1. The van der Waals surface area contributed by atoms with Gasteiger partial charge in [-0.2, -0.15) is 0 Å². The minimum Gasteiger partial charge on any atom is -0.297 e. The zero-order valence-corrected chi connectivity index (χ0v) is 17.3. The third-order valence-corrected chi connectivity index (χ3v) is 5.63. The maximum atomic E-state index is 14.0. The quantitative estimate of drug-likeness (QED) is 0.453. The highest BCUT2D eigenvalue weighted by Crippen LogP contribution is 2.32. The highest BCUT2D eigenvalue weighted by Gasteiger charge is 2.36. The molecule has 0 aliphatic carbocycles. The van der Waals surface area contributed by atoms with E-state index in [0.29, 0.717) is 18.4 Å². The molecule has 3 aromatic rings. The van der Waals surface area contributed by atoms with Crippen LogP contribution < -0.4 is 0 Å². The van der Waals surface area contributed by atoms with Crippen LogP contribution >= 0.6 is 11.6 Å². The van der Waals surface area contributed by atoms with Gasteiger partial charge in [-0.15, -0.1) is 11.6 Å². The molecule has 0 N–H and O–H groups in total. The number of hydrogen-bond acceptors (Lipinski definition) is 2. The number of benzene rings is 2. The number of fused-ring (bicyclic) bond motifs is 1. The Morgan fingerprint density at radius 2 is 1.86 bits per heavy atom. The van der Waals surface area contributed by atoms with Crippen molar-refractivity contribution in [2.45, 2.75) is 44.9 Å². The predicted octanol–water partition coefficient (Wildman–Crippen LogP) is 6.06. The number of carbonyl (C=O) groups excluding carboxylic acids is 1. The minimum absolute atomic E-state index is 0.0210. The first kappa shape index (κ1) is 20.5. The van der Waals surface area contributed by atoms with E-state index in [1.54, 1.807) is 12.3 Å². The van der Waals surface area contributed by atoms with Gasteiger partial charge in [-0.3, -0.25) is 9.78 Å². The molecule has 2 aromatic carbocycles. The van der Waals surface area contributed by atoms with Gasteiger partial charge in [0, 0.05) is 18.0 Å².